The molecule has 9 nitrogen and oxygen atoms in total. The average molecular weight is 406 g/mol. The molecule has 4 rings (SSSR count). The van der Waals surface area contributed by atoms with Crippen molar-refractivity contribution in [3.05, 3.63) is 39.0 Å². The van der Waals surface area contributed by atoms with Crippen LogP contribution in [-0.4, -0.2) is 47.5 Å². The van der Waals surface area contributed by atoms with Crippen LogP contribution < -0.4 is 16.0 Å². The van der Waals surface area contributed by atoms with Crippen LogP contribution in [0.25, 0.3) is 10.9 Å². The van der Waals surface area contributed by atoms with E-state index in [-0.39, 0.29) is 28.8 Å². The van der Waals surface area contributed by atoms with Crippen molar-refractivity contribution >= 4 is 26.8 Å². The van der Waals surface area contributed by atoms with Gasteiger partial charge in [-0.2, -0.15) is 0 Å². The third kappa shape index (κ3) is 3.37. The summed E-state index contributed by atoms with van der Waals surface area (Å²) in [5.41, 5.74) is -0.934. The average Bonchev–Trinajstić information content (AvgIpc) is 3.29. The Morgan fingerprint density at radius 3 is 2.50 bits per heavy atom. The fourth-order valence-corrected chi connectivity index (χ4v) is 4.82. The maximum Gasteiger partial charge on any atom is 0.331 e. The van der Waals surface area contributed by atoms with Crippen LogP contribution in [-0.2, 0) is 28.4 Å². The standard InChI is InChI=1S/C18H22N4O5S/c1-20-15-7-6-13(28(26,27)19-12-4-5-12)10-14(15)17(24)22(18(20)25)11-16(23)21-8-2-3-9-21/h6-7,10,12,19H,2-5,8-9,11H2,1H3. The van der Waals surface area contributed by atoms with Crippen molar-refractivity contribution in [1.82, 2.24) is 18.8 Å². The van der Waals surface area contributed by atoms with Gasteiger partial charge < -0.3 is 4.90 Å². The molecule has 2 fully saturated rings. The van der Waals surface area contributed by atoms with Crippen LogP contribution in [0.15, 0.2) is 32.7 Å². The van der Waals surface area contributed by atoms with Gasteiger partial charge in [-0.3, -0.25) is 18.7 Å². The van der Waals surface area contributed by atoms with Gasteiger partial charge in [-0.1, -0.05) is 0 Å². The summed E-state index contributed by atoms with van der Waals surface area (Å²) < 4.78 is 29.7. The zero-order valence-corrected chi connectivity index (χ0v) is 16.4. The van der Waals surface area contributed by atoms with Crippen molar-refractivity contribution in [2.45, 2.75) is 43.2 Å². The van der Waals surface area contributed by atoms with E-state index in [1.807, 2.05) is 0 Å². The second-order valence-electron chi connectivity index (χ2n) is 7.40. The predicted octanol–water partition coefficient (Wildman–Crippen LogP) is -0.237. The number of hydrogen-bond acceptors (Lipinski definition) is 5. The zero-order chi connectivity index (χ0) is 20.1. The number of amides is 1. The van der Waals surface area contributed by atoms with Gasteiger partial charge in [0, 0.05) is 26.2 Å². The summed E-state index contributed by atoms with van der Waals surface area (Å²) in [6.07, 6.45) is 3.41. The largest absolute Gasteiger partial charge is 0.341 e. The molecule has 1 aliphatic heterocycles. The van der Waals surface area contributed by atoms with Crippen molar-refractivity contribution in [3.8, 4) is 0 Å². The number of likely N-dealkylation sites (tertiary alicyclic amines) is 1. The van der Waals surface area contributed by atoms with Gasteiger partial charge in [-0.25, -0.2) is 17.9 Å². The van der Waals surface area contributed by atoms with Crippen LogP contribution in [0.3, 0.4) is 0 Å². The number of sulfonamides is 1. The minimum atomic E-state index is -3.74. The first kappa shape index (κ1) is 18.9. The maximum atomic E-state index is 12.9. The van der Waals surface area contributed by atoms with Gasteiger partial charge in [0.2, 0.25) is 15.9 Å². The molecule has 1 aliphatic carbocycles. The molecule has 1 aromatic carbocycles. The molecule has 0 bridgehead atoms. The molecule has 2 aromatic rings. The molecule has 2 aliphatic rings. The topological polar surface area (TPSA) is 110 Å². The number of benzene rings is 1. The Kier molecular flexibility index (Phi) is 4.62. The van der Waals surface area contributed by atoms with E-state index in [4.69, 9.17) is 0 Å². The SMILES string of the molecule is Cn1c(=O)n(CC(=O)N2CCCC2)c(=O)c2cc(S(=O)(=O)NC3CC3)ccc21. The lowest BCUT2D eigenvalue weighted by Gasteiger charge is -2.17. The lowest BCUT2D eigenvalue weighted by Crippen LogP contribution is -2.43. The number of nitrogens with zero attached hydrogens (tertiary/aromatic N) is 3. The molecule has 2 heterocycles. The second-order valence-corrected chi connectivity index (χ2v) is 9.11. The van der Waals surface area contributed by atoms with Crippen LogP contribution >= 0.6 is 0 Å². The molecular formula is C18H22N4O5S. The van der Waals surface area contributed by atoms with Crippen molar-refractivity contribution in [2.75, 3.05) is 13.1 Å². The number of rotatable bonds is 5. The van der Waals surface area contributed by atoms with Crippen LogP contribution in [0.5, 0.6) is 0 Å². The van der Waals surface area contributed by atoms with Crippen molar-refractivity contribution < 1.29 is 13.2 Å². The molecule has 1 aromatic heterocycles. The van der Waals surface area contributed by atoms with E-state index >= 15 is 0 Å². The molecule has 0 radical (unpaired) electrons. The van der Waals surface area contributed by atoms with E-state index in [2.05, 4.69) is 4.72 Å². The van der Waals surface area contributed by atoms with E-state index in [1.165, 1.54) is 29.8 Å². The fraction of sp³-hybridized carbons (Fsp3) is 0.500. The molecule has 10 heteroatoms. The molecular weight excluding hydrogens is 384 g/mol. The minimum Gasteiger partial charge on any atom is -0.341 e. The van der Waals surface area contributed by atoms with Crippen LogP contribution in [0, 0.1) is 0 Å². The highest BCUT2D eigenvalue weighted by Gasteiger charge is 2.28. The fourth-order valence-electron chi connectivity index (χ4n) is 3.49. The van der Waals surface area contributed by atoms with Crippen LogP contribution in [0.1, 0.15) is 25.7 Å². The second kappa shape index (κ2) is 6.85. The Balaban J connectivity index is 1.79. The first-order valence-electron chi connectivity index (χ1n) is 9.31. The monoisotopic (exact) mass is 406 g/mol. The summed E-state index contributed by atoms with van der Waals surface area (Å²) >= 11 is 0. The van der Waals surface area contributed by atoms with E-state index in [9.17, 15) is 22.8 Å². The van der Waals surface area contributed by atoms with Crippen LogP contribution in [0.4, 0.5) is 0 Å². The zero-order valence-electron chi connectivity index (χ0n) is 15.6. The van der Waals surface area contributed by atoms with Crippen molar-refractivity contribution in [2.24, 2.45) is 7.05 Å². The highest BCUT2D eigenvalue weighted by Crippen LogP contribution is 2.23. The molecule has 0 atom stereocenters. The molecule has 0 unspecified atom stereocenters. The number of hydrogen-bond donors (Lipinski definition) is 1. The summed E-state index contributed by atoms with van der Waals surface area (Å²) in [5, 5.41) is 0.0926. The van der Waals surface area contributed by atoms with Crippen molar-refractivity contribution in [3.63, 3.8) is 0 Å². The molecule has 1 N–H and O–H groups in total. The summed E-state index contributed by atoms with van der Waals surface area (Å²) in [6.45, 7) is 0.895. The normalized spacial score (nSPS) is 17.4. The Bertz CT molecular complexity index is 1170. The quantitative estimate of drug-likeness (QED) is 0.737. The number of nitrogens with one attached hydrogen (secondary N) is 1. The maximum absolute atomic E-state index is 12.9. The Hall–Kier alpha value is -2.46. The lowest BCUT2D eigenvalue weighted by molar-refractivity contribution is -0.130. The summed E-state index contributed by atoms with van der Waals surface area (Å²) in [4.78, 5) is 39.6. The summed E-state index contributed by atoms with van der Waals surface area (Å²) in [6, 6.07) is 4.05. The van der Waals surface area contributed by atoms with Gasteiger partial charge in [-0.15, -0.1) is 0 Å². The number of aromatic nitrogens is 2. The van der Waals surface area contributed by atoms with Gasteiger partial charge in [0.1, 0.15) is 6.54 Å². The molecule has 1 saturated carbocycles. The highest BCUT2D eigenvalue weighted by atomic mass is 32.2. The Morgan fingerprint density at radius 2 is 1.86 bits per heavy atom. The first-order valence-corrected chi connectivity index (χ1v) is 10.8. The third-order valence-corrected chi connectivity index (χ3v) is 6.80. The van der Waals surface area contributed by atoms with Gasteiger partial charge >= 0.3 is 5.69 Å². The minimum absolute atomic E-state index is 0.0277. The molecule has 150 valence electrons. The predicted molar refractivity (Wildman–Crippen MR) is 103 cm³/mol. The Morgan fingerprint density at radius 1 is 1.18 bits per heavy atom. The molecule has 0 spiro atoms. The number of carbonyl (C=O) groups is 1. The smallest absolute Gasteiger partial charge is 0.331 e. The van der Waals surface area contributed by atoms with Crippen molar-refractivity contribution in [1.29, 1.82) is 0 Å². The number of carbonyl (C=O) groups excluding carboxylic acids is 1. The molecule has 28 heavy (non-hydrogen) atoms. The van der Waals surface area contributed by atoms with E-state index in [0.29, 0.717) is 18.6 Å². The summed E-state index contributed by atoms with van der Waals surface area (Å²) in [5.74, 6) is -0.282. The van der Waals surface area contributed by atoms with Gasteiger partial charge in [-0.05, 0) is 43.9 Å². The molecule has 1 saturated heterocycles. The Labute approximate surface area is 161 Å². The summed E-state index contributed by atoms with van der Waals surface area (Å²) in [7, 11) is -2.24. The lowest BCUT2D eigenvalue weighted by atomic mass is 10.2. The molecule has 1 amide bonds. The van der Waals surface area contributed by atoms with Gasteiger partial charge in [0.15, 0.2) is 0 Å². The van der Waals surface area contributed by atoms with E-state index < -0.39 is 21.3 Å². The van der Waals surface area contributed by atoms with Gasteiger partial charge in [0.25, 0.3) is 5.56 Å². The number of aryl methyl sites for hydroxylation is 1. The third-order valence-electron chi connectivity index (χ3n) is 5.28. The first-order chi connectivity index (χ1) is 13.3. The van der Waals surface area contributed by atoms with Gasteiger partial charge in [0.05, 0.1) is 15.8 Å². The van der Waals surface area contributed by atoms with E-state index in [0.717, 1.165) is 30.3 Å². The number of fused-ring (bicyclic) bond motifs is 1. The van der Waals surface area contributed by atoms with Crippen LogP contribution in [0.2, 0.25) is 0 Å². The highest BCUT2D eigenvalue weighted by molar-refractivity contribution is 7.89. The van der Waals surface area contributed by atoms with E-state index in [1.54, 1.807) is 4.90 Å².